The number of anilines is 1. The van der Waals surface area contributed by atoms with Crippen LogP contribution < -0.4 is 10.2 Å². The summed E-state index contributed by atoms with van der Waals surface area (Å²) in [6.07, 6.45) is 1.75. The summed E-state index contributed by atoms with van der Waals surface area (Å²) in [7, 11) is 3.87. The number of carbonyl (C=O) groups is 1. The molecule has 0 atom stereocenters. The average Bonchev–Trinajstić information content (AvgIpc) is 3.07. The minimum atomic E-state index is -0.0586. The van der Waals surface area contributed by atoms with Crippen molar-refractivity contribution in [3.05, 3.63) is 59.0 Å². The topological polar surface area (TPSA) is 75.9 Å². The summed E-state index contributed by atoms with van der Waals surface area (Å²) in [5.41, 5.74) is 4.32. The van der Waals surface area contributed by atoms with Gasteiger partial charge < -0.3 is 10.2 Å². The van der Waals surface area contributed by atoms with Crippen molar-refractivity contribution in [2.24, 2.45) is 0 Å². The molecule has 1 amide bonds. The molecule has 0 unspecified atom stereocenters. The quantitative estimate of drug-likeness (QED) is 0.604. The molecular weight excluding hydrogens is 384 g/mol. The molecule has 8 heteroatoms. The highest BCUT2D eigenvalue weighted by Crippen LogP contribution is 2.25. The van der Waals surface area contributed by atoms with Crippen molar-refractivity contribution in [2.75, 3.05) is 24.7 Å². The third-order valence-electron chi connectivity index (χ3n) is 4.50. The molecule has 0 bridgehead atoms. The predicted molar refractivity (Wildman–Crippen MR) is 117 cm³/mol. The Morgan fingerprint density at radius 1 is 1.17 bits per heavy atom. The van der Waals surface area contributed by atoms with Crippen molar-refractivity contribution in [3.63, 3.8) is 0 Å². The fraction of sp³-hybridized carbons (Fsp3) is 0.333. The van der Waals surface area contributed by atoms with E-state index in [1.165, 1.54) is 17.3 Å². The molecule has 152 valence electrons. The Labute approximate surface area is 175 Å². The molecule has 29 heavy (non-hydrogen) atoms. The second-order valence-electron chi connectivity index (χ2n) is 7.10. The number of pyridine rings is 1. The van der Waals surface area contributed by atoms with Crippen molar-refractivity contribution in [1.29, 1.82) is 0 Å². The molecule has 3 aromatic rings. The van der Waals surface area contributed by atoms with Crippen molar-refractivity contribution in [2.45, 2.75) is 32.5 Å². The molecule has 1 N–H and O–H groups in total. The Balaban J connectivity index is 1.67. The molecule has 0 fully saturated rings. The SMILES string of the molecule is Cc1ccc(C)c(-n2c(C)nnc2SCC(=O)NCc2cccnc2N(C)C)c1. The number of aryl methyl sites for hydroxylation is 3. The number of nitrogens with zero attached hydrogens (tertiary/aromatic N) is 5. The van der Waals surface area contributed by atoms with E-state index in [9.17, 15) is 4.79 Å². The molecule has 0 aliphatic carbocycles. The van der Waals surface area contributed by atoms with E-state index in [1.807, 2.05) is 42.6 Å². The highest BCUT2D eigenvalue weighted by Gasteiger charge is 2.15. The highest BCUT2D eigenvalue weighted by molar-refractivity contribution is 7.99. The zero-order valence-corrected chi connectivity index (χ0v) is 18.2. The van der Waals surface area contributed by atoms with Gasteiger partial charge >= 0.3 is 0 Å². The third-order valence-corrected chi connectivity index (χ3v) is 5.43. The van der Waals surface area contributed by atoms with E-state index in [4.69, 9.17) is 0 Å². The molecule has 3 rings (SSSR count). The van der Waals surface area contributed by atoms with Crippen LogP contribution >= 0.6 is 11.8 Å². The summed E-state index contributed by atoms with van der Waals surface area (Å²) < 4.78 is 2.01. The second-order valence-corrected chi connectivity index (χ2v) is 8.04. The predicted octanol–water partition coefficient (Wildman–Crippen LogP) is 3.06. The van der Waals surface area contributed by atoms with Gasteiger partial charge in [-0.1, -0.05) is 30.0 Å². The molecule has 2 aromatic heterocycles. The maximum Gasteiger partial charge on any atom is 0.230 e. The maximum absolute atomic E-state index is 12.4. The monoisotopic (exact) mass is 410 g/mol. The van der Waals surface area contributed by atoms with Gasteiger partial charge in [0.1, 0.15) is 11.6 Å². The number of rotatable bonds is 7. The summed E-state index contributed by atoms with van der Waals surface area (Å²) in [5, 5.41) is 12.2. The van der Waals surface area contributed by atoms with Gasteiger partial charge in [0.05, 0.1) is 11.4 Å². The van der Waals surface area contributed by atoms with Gasteiger partial charge in [-0.15, -0.1) is 10.2 Å². The van der Waals surface area contributed by atoms with Crippen molar-refractivity contribution >= 4 is 23.5 Å². The van der Waals surface area contributed by atoms with Crippen LogP contribution in [-0.2, 0) is 11.3 Å². The van der Waals surface area contributed by atoms with E-state index in [1.54, 1.807) is 6.20 Å². The van der Waals surface area contributed by atoms with E-state index in [-0.39, 0.29) is 11.7 Å². The van der Waals surface area contributed by atoms with Gasteiger partial charge in [0, 0.05) is 32.4 Å². The molecule has 7 nitrogen and oxygen atoms in total. The number of thioether (sulfide) groups is 1. The van der Waals surface area contributed by atoms with Crippen LogP contribution in [0.2, 0.25) is 0 Å². The number of hydrogen-bond acceptors (Lipinski definition) is 6. The number of hydrogen-bond donors (Lipinski definition) is 1. The molecule has 0 saturated heterocycles. The summed E-state index contributed by atoms with van der Waals surface area (Å²) >= 11 is 1.38. The standard InChI is InChI=1S/C21H26N6OS/c1-14-8-9-15(2)18(11-14)27-16(3)24-25-21(27)29-13-19(28)23-12-17-7-6-10-22-20(17)26(4)5/h6-11H,12-13H2,1-5H3,(H,23,28). The summed E-state index contributed by atoms with van der Waals surface area (Å²) in [5.74, 6) is 1.86. The van der Waals surface area contributed by atoms with Crippen LogP contribution in [0, 0.1) is 20.8 Å². The Morgan fingerprint density at radius 3 is 2.72 bits per heavy atom. The maximum atomic E-state index is 12.4. The zero-order valence-electron chi connectivity index (χ0n) is 17.4. The minimum Gasteiger partial charge on any atom is -0.362 e. The van der Waals surface area contributed by atoms with Gasteiger partial charge in [-0.3, -0.25) is 9.36 Å². The Kier molecular flexibility index (Phi) is 6.53. The lowest BCUT2D eigenvalue weighted by Gasteiger charge is -2.16. The van der Waals surface area contributed by atoms with Gasteiger partial charge in [0.25, 0.3) is 0 Å². The smallest absolute Gasteiger partial charge is 0.230 e. The van der Waals surface area contributed by atoms with Crippen LogP contribution in [0.1, 0.15) is 22.5 Å². The van der Waals surface area contributed by atoms with E-state index in [0.29, 0.717) is 11.7 Å². The summed E-state index contributed by atoms with van der Waals surface area (Å²) in [6.45, 7) is 6.47. The van der Waals surface area contributed by atoms with E-state index >= 15 is 0 Å². The Bertz CT molecular complexity index is 1010. The average molecular weight is 411 g/mol. The summed E-state index contributed by atoms with van der Waals surface area (Å²) in [6, 6.07) is 10.1. The van der Waals surface area contributed by atoms with Crippen LogP contribution in [0.15, 0.2) is 41.7 Å². The first-order chi connectivity index (χ1) is 13.9. The summed E-state index contributed by atoms with van der Waals surface area (Å²) in [4.78, 5) is 18.7. The molecule has 0 radical (unpaired) electrons. The zero-order chi connectivity index (χ0) is 21.0. The molecule has 0 saturated carbocycles. The molecule has 0 spiro atoms. The number of benzene rings is 1. The lowest BCUT2D eigenvalue weighted by Crippen LogP contribution is -2.26. The van der Waals surface area contributed by atoms with Gasteiger partial charge in [0.15, 0.2) is 5.16 Å². The van der Waals surface area contributed by atoms with E-state index in [2.05, 4.69) is 52.5 Å². The first kappa shape index (κ1) is 20.9. The number of aromatic nitrogens is 4. The number of nitrogens with one attached hydrogen (secondary N) is 1. The van der Waals surface area contributed by atoms with Crippen molar-refractivity contribution < 1.29 is 4.79 Å². The van der Waals surface area contributed by atoms with E-state index in [0.717, 1.165) is 28.5 Å². The first-order valence-corrected chi connectivity index (χ1v) is 10.4. The van der Waals surface area contributed by atoms with Crippen molar-refractivity contribution in [3.8, 4) is 5.69 Å². The third kappa shape index (κ3) is 4.95. The van der Waals surface area contributed by atoms with Gasteiger partial charge in [-0.2, -0.15) is 0 Å². The Hall–Kier alpha value is -2.87. The van der Waals surface area contributed by atoms with Crippen LogP contribution in [0.25, 0.3) is 5.69 Å². The fourth-order valence-electron chi connectivity index (χ4n) is 3.02. The number of amides is 1. The fourth-order valence-corrected chi connectivity index (χ4v) is 3.84. The van der Waals surface area contributed by atoms with Crippen LogP contribution in [0.4, 0.5) is 5.82 Å². The normalized spacial score (nSPS) is 10.8. The molecular formula is C21H26N6OS. The van der Waals surface area contributed by atoms with Crippen molar-refractivity contribution in [1.82, 2.24) is 25.1 Å². The number of carbonyl (C=O) groups excluding carboxylic acids is 1. The Morgan fingerprint density at radius 2 is 1.97 bits per heavy atom. The molecule has 0 aliphatic rings. The molecule has 2 heterocycles. The van der Waals surface area contributed by atoms with Crippen LogP contribution in [0.3, 0.4) is 0 Å². The molecule has 1 aromatic carbocycles. The van der Waals surface area contributed by atoms with Gasteiger partial charge in [-0.05, 0) is 44.0 Å². The highest BCUT2D eigenvalue weighted by atomic mass is 32.2. The second kappa shape index (κ2) is 9.09. The van der Waals surface area contributed by atoms with Gasteiger partial charge in [0.2, 0.25) is 5.91 Å². The largest absolute Gasteiger partial charge is 0.362 e. The lowest BCUT2D eigenvalue weighted by molar-refractivity contribution is -0.118. The lowest BCUT2D eigenvalue weighted by atomic mass is 10.1. The first-order valence-electron chi connectivity index (χ1n) is 9.37. The van der Waals surface area contributed by atoms with Gasteiger partial charge in [-0.25, -0.2) is 4.98 Å². The van der Waals surface area contributed by atoms with Crippen LogP contribution in [0.5, 0.6) is 0 Å². The molecule has 0 aliphatic heterocycles. The van der Waals surface area contributed by atoms with E-state index < -0.39 is 0 Å². The van der Waals surface area contributed by atoms with Crippen LogP contribution in [-0.4, -0.2) is 45.5 Å². The minimum absolute atomic E-state index is 0.0586.